The predicted molar refractivity (Wildman–Crippen MR) is 97.8 cm³/mol. The number of methoxy groups -OCH3 is 1. The second-order valence-electron chi connectivity index (χ2n) is 5.00. The molecule has 3 rings (SSSR count). The van der Waals surface area contributed by atoms with Gasteiger partial charge in [0, 0.05) is 41.1 Å². The molecule has 5 nitrogen and oxygen atoms in total. The summed E-state index contributed by atoms with van der Waals surface area (Å²) in [5.41, 5.74) is 1.09. The Labute approximate surface area is 151 Å². The lowest BCUT2D eigenvalue weighted by Gasteiger charge is -2.17. The Bertz CT molecular complexity index is 978. The Balaban J connectivity index is 1.97. The molecule has 0 spiro atoms. The summed E-state index contributed by atoms with van der Waals surface area (Å²) in [7, 11) is 3.19. The van der Waals surface area contributed by atoms with Crippen LogP contribution in [0.4, 0.5) is 5.69 Å². The topological polar surface area (TPSA) is 66.2 Å². The van der Waals surface area contributed by atoms with Crippen LogP contribution in [0.15, 0.2) is 41.1 Å². The van der Waals surface area contributed by atoms with Crippen LogP contribution in [0.2, 0.25) is 0 Å². The first-order chi connectivity index (χ1) is 11.5. The zero-order valence-electron chi connectivity index (χ0n) is 12.9. The van der Waals surface area contributed by atoms with E-state index in [9.17, 15) is 4.79 Å². The molecule has 2 heterocycles. The van der Waals surface area contributed by atoms with Gasteiger partial charge in [0.25, 0.3) is 5.91 Å². The maximum Gasteiger partial charge on any atom is 0.268 e. The number of benzene rings is 1. The van der Waals surface area contributed by atoms with Crippen molar-refractivity contribution in [1.82, 2.24) is 4.98 Å². The highest BCUT2D eigenvalue weighted by Crippen LogP contribution is 2.32. The van der Waals surface area contributed by atoms with Crippen molar-refractivity contribution >= 4 is 48.9 Å². The van der Waals surface area contributed by atoms with Gasteiger partial charge in [-0.25, -0.2) is 0 Å². The third-order valence-electron chi connectivity index (χ3n) is 3.61. The molecule has 0 bridgehead atoms. The van der Waals surface area contributed by atoms with Gasteiger partial charge < -0.3 is 9.64 Å². The largest absolute Gasteiger partial charge is 0.495 e. The third kappa shape index (κ3) is 2.86. The van der Waals surface area contributed by atoms with Gasteiger partial charge in [0.15, 0.2) is 0 Å². The number of carbonyl (C=O) groups excluding carboxylic acids is 1. The maximum atomic E-state index is 12.8. The molecule has 0 radical (unpaired) electrons. The number of amides is 1. The zero-order chi connectivity index (χ0) is 17.3. The number of rotatable bonds is 3. The minimum absolute atomic E-state index is 0.130. The van der Waals surface area contributed by atoms with Gasteiger partial charge in [0.2, 0.25) is 0 Å². The third-order valence-corrected chi connectivity index (χ3v) is 5.30. The summed E-state index contributed by atoms with van der Waals surface area (Å²) >= 11 is 4.84. The van der Waals surface area contributed by atoms with Gasteiger partial charge in [-0.2, -0.15) is 5.26 Å². The minimum atomic E-state index is -0.130. The average molecular weight is 402 g/mol. The molecule has 3 aromatic rings. The minimum Gasteiger partial charge on any atom is -0.495 e. The molecule has 7 heteroatoms. The molecular formula is C17H12BrN3O2S. The highest BCUT2D eigenvalue weighted by Gasteiger charge is 2.18. The second-order valence-corrected chi connectivity index (χ2v) is 6.94. The lowest BCUT2D eigenvalue weighted by Crippen LogP contribution is -2.25. The van der Waals surface area contributed by atoms with Crippen LogP contribution in [0.3, 0.4) is 0 Å². The number of hydrogen-bond donors (Lipinski definition) is 0. The number of hydrogen-bond acceptors (Lipinski definition) is 5. The van der Waals surface area contributed by atoms with Crippen LogP contribution in [0.1, 0.15) is 15.2 Å². The van der Waals surface area contributed by atoms with Crippen molar-refractivity contribution < 1.29 is 9.53 Å². The van der Waals surface area contributed by atoms with Crippen LogP contribution in [-0.4, -0.2) is 25.0 Å². The van der Waals surface area contributed by atoms with Crippen molar-refractivity contribution in [2.45, 2.75) is 0 Å². The summed E-state index contributed by atoms with van der Waals surface area (Å²) in [6, 6.07) is 8.96. The van der Waals surface area contributed by atoms with Gasteiger partial charge in [0.05, 0.1) is 22.3 Å². The molecule has 0 aliphatic heterocycles. The number of nitriles is 1. The Hall–Kier alpha value is -2.43. The molecule has 1 amide bonds. The normalized spacial score (nSPS) is 10.4. The number of thiophene rings is 1. The van der Waals surface area contributed by atoms with E-state index in [4.69, 9.17) is 10.00 Å². The van der Waals surface area contributed by atoms with Crippen LogP contribution >= 0.6 is 27.3 Å². The van der Waals surface area contributed by atoms with E-state index >= 15 is 0 Å². The van der Waals surface area contributed by atoms with Crippen LogP contribution < -0.4 is 9.64 Å². The van der Waals surface area contributed by atoms with Gasteiger partial charge in [-0.1, -0.05) is 0 Å². The molecule has 0 N–H and O–H groups in total. The number of nitrogens with zero attached hydrogens (tertiary/aromatic N) is 3. The fourth-order valence-corrected chi connectivity index (χ4v) is 3.90. The summed E-state index contributed by atoms with van der Waals surface area (Å²) in [4.78, 5) is 19.0. The van der Waals surface area contributed by atoms with E-state index in [0.29, 0.717) is 21.9 Å². The first-order valence-corrected chi connectivity index (χ1v) is 8.55. The number of halogens is 1. The first kappa shape index (κ1) is 16.4. The van der Waals surface area contributed by atoms with Gasteiger partial charge in [-0.15, -0.1) is 11.3 Å². The fourth-order valence-electron chi connectivity index (χ4n) is 2.30. The Morgan fingerprint density at radius 2 is 2.17 bits per heavy atom. The molecule has 1 aromatic carbocycles. The second kappa shape index (κ2) is 6.59. The number of anilines is 1. The Morgan fingerprint density at radius 1 is 1.38 bits per heavy atom. The molecule has 0 saturated carbocycles. The van der Waals surface area contributed by atoms with E-state index in [-0.39, 0.29) is 5.91 Å². The van der Waals surface area contributed by atoms with Crippen LogP contribution in [0, 0.1) is 11.3 Å². The van der Waals surface area contributed by atoms with Crippen molar-refractivity contribution in [1.29, 1.82) is 5.26 Å². The fraction of sp³-hybridized carbons (Fsp3) is 0.118. The maximum absolute atomic E-state index is 12.8. The molecule has 2 aromatic heterocycles. The molecule has 0 saturated heterocycles. The van der Waals surface area contributed by atoms with E-state index in [1.54, 1.807) is 37.6 Å². The van der Waals surface area contributed by atoms with E-state index in [0.717, 1.165) is 14.6 Å². The molecule has 0 aliphatic rings. The Morgan fingerprint density at radius 3 is 2.83 bits per heavy atom. The van der Waals surface area contributed by atoms with Crippen LogP contribution in [0.25, 0.3) is 10.1 Å². The summed E-state index contributed by atoms with van der Waals surface area (Å²) < 4.78 is 7.01. The standard InChI is InChI=1S/C17H12BrN3O2S/c1-21(11-4-3-10(7-19)14(5-11)23-2)17(22)15-6-12-13(18)8-20-9-16(12)24-15/h3-6,8-9H,1-2H3. The smallest absolute Gasteiger partial charge is 0.268 e. The zero-order valence-corrected chi connectivity index (χ0v) is 15.3. The first-order valence-electron chi connectivity index (χ1n) is 6.94. The average Bonchev–Trinajstić information content (AvgIpc) is 3.05. The molecule has 24 heavy (non-hydrogen) atoms. The van der Waals surface area contributed by atoms with E-state index < -0.39 is 0 Å². The molecule has 0 atom stereocenters. The Kier molecular flexibility index (Phi) is 4.51. The van der Waals surface area contributed by atoms with Gasteiger partial charge in [-0.3, -0.25) is 9.78 Å². The molecule has 0 fully saturated rings. The molecular weight excluding hydrogens is 390 g/mol. The number of pyridine rings is 1. The monoisotopic (exact) mass is 401 g/mol. The van der Waals surface area contributed by atoms with Crippen LogP contribution in [0.5, 0.6) is 5.75 Å². The highest BCUT2D eigenvalue weighted by atomic mass is 79.9. The van der Waals surface area contributed by atoms with Gasteiger partial charge >= 0.3 is 0 Å². The van der Waals surface area contributed by atoms with Crippen molar-refractivity contribution in [3.8, 4) is 11.8 Å². The van der Waals surface area contributed by atoms with Crippen LogP contribution in [-0.2, 0) is 0 Å². The van der Waals surface area contributed by atoms with Gasteiger partial charge in [0.1, 0.15) is 11.8 Å². The van der Waals surface area contributed by atoms with Crippen molar-refractivity contribution in [2.24, 2.45) is 0 Å². The van der Waals surface area contributed by atoms with E-state index in [1.165, 1.54) is 23.3 Å². The van der Waals surface area contributed by atoms with E-state index in [2.05, 4.69) is 27.0 Å². The molecule has 120 valence electrons. The number of carbonyl (C=O) groups is 1. The lowest BCUT2D eigenvalue weighted by atomic mass is 10.2. The summed E-state index contributed by atoms with van der Waals surface area (Å²) in [5, 5.41) is 10.0. The van der Waals surface area contributed by atoms with E-state index in [1.807, 2.05) is 6.07 Å². The SMILES string of the molecule is COc1cc(N(C)C(=O)c2cc3c(Br)cncc3s2)ccc1C#N. The summed E-state index contributed by atoms with van der Waals surface area (Å²) in [5.74, 6) is 0.313. The summed E-state index contributed by atoms with van der Waals surface area (Å²) in [6.45, 7) is 0. The highest BCUT2D eigenvalue weighted by molar-refractivity contribution is 9.10. The quantitative estimate of drug-likeness (QED) is 0.658. The summed E-state index contributed by atoms with van der Waals surface area (Å²) in [6.07, 6.45) is 3.45. The predicted octanol–water partition coefficient (Wildman–Crippen LogP) is 4.22. The number of aromatic nitrogens is 1. The van der Waals surface area contributed by atoms with Crippen molar-refractivity contribution in [3.63, 3.8) is 0 Å². The number of fused-ring (bicyclic) bond motifs is 1. The molecule has 0 unspecified atom stereocenters. The van der Waals surface area contributed by atoms with Crippen molar-refractivity contribution in [3.05, 3.63) is 51.6 Å². The van der Waals surface area contributed by atoms with Crippen molar-refractivity contribution in [2.75, 3.05) is 19.1 Å². The lowest BCUT2D eigenvalue weighted by molar-refractivity contribution is 0.0997. The van der Waals surface area contributed by atoms with Gasteiger partial charge in [-0.05, 0) is 34.1 Å². The number of ether oxygens (including phenoxy) is 1. The molecule has 0 aliphatic carbocycles.